The zero-order chi connectivity index (χ0) is 10.6. The number of aryl methyl sites for hydroxylation is 1. The molecule has 0 bridgehead atoms. The van der Waals surface area contributed by atoms with Gasteiger partial charge in [-0.1, -0.05) is 18.5 Å². The summed E-state index contributed by atoms with van der Waals surface area (Å²) in [6.45, 7) is 4.17. The smallest absolute Gasteiger partial charge is 0.134 e. The number of aliphatic hydroxyl groups excluding tert-OH is 1. The Hall–Kier alpha value is -0.870. The fourth-order valence-corrected chi connectivity index (χ4v) is 1.21. The van der Waals surface area contributed by atoms with Crippen LogP contribution in [-0.4, -0.2) is 27.7 Å². The lowest BCUT2D eigenvalue weighted by atomic mass is 10.3. The highest BCUT2D eigenvalue weighted by Gasteiger charge is 2.02. The van der Waals surface area contributed by atoms with E-state index >= 15 is 0 Å². The summed E-state index contributed by atoms with van der Waals surface area (Å²) in [5.41, 5.74) is 0. The molecule has 0 saturated heterocycles. The predicted octanol–water partition coefficient (Wildman–Crippen LogP) is 1.62. The second kappa shape index (κ2) is 5.12. The Kier molecular flexibility index (Phi) is 4.10. The number of rotatable bonds is 4. The van der Waals surface area contributed by atoms with E-state index in [0.717, 1.165) is 0 Å². The molecule has 1 rings (SSSR count). The molecule has 0 aliphatic heterocycles. The largest absolute Gasteiger partial charge is 0.391 e. The van der Waals surface area contributed by atoms with Crippen molar-refractivity contribution in [3.8, 4) is 0 Å². The third kappa shape index (κ3) is 3.47. The molecule has 0 saturated carbocycles. The van der Waals surface area contributed by atoms with Crippen LogP contribution in [-0.2, 0) is 0 Å². The van der Waals surface area contributed by atoms with E-state index in [1.807, 2.05) is 6.92 Å². The van der Waals surface area contributed by atoms with Gasteiger partial charge in [0.2, 0.25) is 0 Å². The molecule has 78 valence electrons. The maximum atomic E-state index is 9.32. The number of nitrogens with one attached hydrogen (secondary N) is 1. The zero-order valence-electron chi connectivity index (χ0n) is 8.29. The lowest BCUT2D eigenvalue weighted by Crippen LogP contribution is -2.19. The topological polar surface area (TPSA) is 58.0 Å². The first-order valence-corrected chi connectivity index (χ1v) is 4.92. The summed E-state index contributed by atoms with van der Waals surface area (Å²) in [5, 5.41) is 12.7. The molecule has 1 heterocycles. The summed E-state index contributed by atoms with van der Waals surface area (Å²) in [6.07, 6.45) is 0.356. The third-order valence-electron chi connectivity index (χ3n) is 1.80. The van der Waals surface area contributed by atoms with E-state index in [0.29, 0.717) is 29.8 Å². The molecule has 1 atom stereocenters. The van der Waals surface area contributed by atoms with E-state index in [9.17, 15) is 5.11 Å². The van der Waals surface area contributed by atoms with Gasteiger partial charge in [-0.2, -0.15) is 0 Å². The van der Waals surface area contributed by atoms with Crippen LogP contribution in [0.2, 0.25) is 5.15 Å². The van der Waals surface area contributed by atoms with Gasteiger partial charge in [-0.15, -0.1) is 0 Å². The van der Waals surface area contributed by atoms with Crippen LogP contribution >= 0.6 is 11.6 Å². The van der Waals surface area contributed by atoms with Gasteiger partial charge >= 0.3 is 0 Å². The van der Waals surface area contributed by atoms with Gasteiger partial charge in [0.1, 0.15) is 16.8 Å². The molecular formula is C9H14ClN3O. The molecule has 0 spiro atoms. The summed E-state index contributed by atoms with van der Waals surface area (Å²) in [4.78, 5) is 8.06. The van der Waals surface area contributed by atoms with Gasteiger partial charge in [0, 0.05) is 12.6 Å². The van der Waals surface area contributed by atoms with Crippen molar-refractivity contribution in [3.05, 3.63) is 17.0 Å². The van der Waals surface area contributed by atoms with Gasteiger partial charge in [-0.3, -0.25) is 0 Å². The molecule has 1 aromatic rings. The predicted molar refractivity (Wildman–Crippen MR) is 56.6 cm³/mol. The fourth-order valence-electron chi connectivity index (χ4n) is 0.989. The van der Waals surface area contributed by atoms with E-state index < -0.39 is 0 Å². The van der Waals surface area contributed by atoms with Gasteiger partial charge in [0.15, 0.2) is 0 Å². The molecule has 1 aromatic heterocycles. The fraction of sp³-hybridized carbons (Fsp3) is 0.556. The van der Waals surface area contributed by atoms with Crippen molar-refractivity contribution in [1.29, 1.82) is 0 Å². The zero-order valence-corrected chi connectivity index (χ0v) is 9.04. The Morgan fingerprint density at radius 1 is 1.57 bits per heavy atom. The Bertz CT molecular complexity index is 286. The van der Waals surface area contributed by atoms with E-state index in [2.05, 4.69) is 15.3 Å². The monoisotopic (exact) mass is 215 g/mol. The number of hydrogen-bond donors (Lipinski definition) is 2. The molecular weight excluding hydrogens is 202 g/mol. The number of aromatic nitrogens is 2. The lowest BCUT2D eigenvalue weighted by molar-refractivity contribution is 0.183. The highest BCUT2D eigenvalue weighted by molar-refractivity contribution is 6.29. The van der Waals surface area contributed by atoms with Gasteiger partial charge in [-0.05, 0) is 13.3 Å². The second-order valence-corrected chi connectivity index (χ2v) is 3.45. The number of halogens is 1. The number of nitrogens with zero attached hydrogens (tertiary/aromatic N) is 2. The Labute approximate surface area is 88.3 Å². The first kappa shape index (κ1) is 11.2. The summed E-state index contributed by atoms with van der Waals surface area (Å²) < 4.78 is 0. The van der Waals surface area contributed by atoms with Crippen LogP contribution in [0.5, 0.6) is 0 Å². The van der Waals surface area contributed by atoms with Gasteiger partial charge in [-0.25, -0.2) is 9.97 Å². The van der Waals surface area contributed by atoms with Gasteiger partial charge in [0.25, 0.3) is 0 Å². The Morgan fingerprint density at radius 3 is 2.86 bits per heavy atom. The van der Waals surface area contributed by atoms with Crippen LogP contribution in [0.25, 0.3) is 0 Å². The van der Waals surface area contributed by atoms with E-state index in [1.54, 1.807) is 13.0 Å². The summed E-state index contributed by atoms with van der Waals surface area (Å²) >= 11 is 5.75. The van der Waals surface area contributed by atoms with Crippen molar-refractivity contribution in [3.63, 3.8) is 0 Å². The van der Waals surface area contributed by atoms with Crippen LogP contribution in [0.4, 0.5) is 5.82 Å². The Balaban J connectivity index is 2.58. The molecule has 0 fully saturated rings. The van der Waals surface area contributed by atoms with Crippen molar-refractivity contribution >= 4 is 17.4 Å². The normalized spacial score (nSPS) is 12.6. The molecule has 2 N–H and O–H groups in total. The Morgan fingerprint density at radius 2 is 2.29 bits per heavy atom. The minimum Gasteiger partial charge on any atom is -0.391 e. The van der Waals surface area contributed by atoms with Crippen LogP contribution < -0.4 is 5.32 Å². The van der Waals surface area contributed by atoms with Crippen molar-refractivity contribution in [2.45, 2.75) is 26.4 Å². The number of anilines is 1. The molecule has 5 heteroatoms. The van der Waals surface area contributed by atoms with Crippen molar-refractivity contribution < 1.29 is 5.11 Å². The van der Waals surface area contributed by atoms with Crippen LogP contribution in [0.15, 0.2) is 6.07 Å². The van der Waals surface area contributed by atoms with Crippen LogP contribution in [0.3, 0.4) is 0 Å². The minimum atomic E-state index is -0.357. The molecule has 0 radical (unpaired) electrons. The van der Waals surface area contributed by atoms with Crippen LogP contribution in [0.1, 0.15) is 19.2 Å². The average molecular weight is 216 g/mol. The quantitative estimate of drug-likeness (QED) is 0.750. The van der Waals surface area contributed by atoms with Crippen molar-refractivity contribution in [2.75, 3.05) is 11.9 Å². The molecule has 0 unspecified atom stereocenters. The third-order valence-corrected chi connectivity index (χ3v) is 1.99. The van der Waals surface area contributed by atoms with E-state index in [4.69, 9.17) is 11.6 Å². The standard InChI is InChI=1S/C9H14ClN3O/c1-3-7(14)5-11-9-4-8(10)12-6(2)13-9/h4,7,14H,3,5H2,1-2H3,(H,11,12,13)/t7-/m0/s1. The van der Waals surface area contributed by atoms with Crippen LogP contribution in [0, 0.1) is 6.92 Å². The molecule has 0 aliphatic rings. The van der Waals surface area contributed by atoms with E-state index in [-0.39, 0.29) is 6.10 Å². The molecule has 14 heavy (non-hydrogen) atoms. The number of aliphatic hydroxyl groups is 1. The van der Waals surface area contributed by atoms with Gasteiger partial charge < -0.3 is 10.4 Å². The highest BCUT2D eigenvalue weighted by Crippen LogP contribution is 2.10. The minimum absolute atomic E-state index is 0.357. The SMILES string of the molecule is CC[C@H](O)CNc1cc(Cl)nc(C)n1. The number of hydrogen-bond acceptors (Lipinski definition) is 4. The second-order valence-electron chi connectivity index (χ2n) is 3.07. The molecule has 0 amide bonds. The summed E-state index contributed by atoms with van der Waals surface area (Å²) in [7, 11) is 0. The van der Waals surface area contributed by atoms with Crippen molar-refractivity contribution in [2.24, 2.45) is 0 Å². The maximum Gasteiger partial charge on any atom is 0.134 e. The summed E-state index contributed by atoms with van der Waals surface area (Å²) in [6, 6.07) is 1.64. The molecule has 0 aromatic carbocycles. The van der Waals surface area contributed by atoms with Crippen molar-refractivity contribution in [1.82, 2.24) is 9.97 Å². The molecule has 0 aliphatic carbocycles. The maximum absolute atomic E-state index is 9.32. The lowest BCUT2D eigenvalue weighted by Gasteiger charge is -2.10. The highest BCUT2D eigenvalue weighted by atomic mass is 35.5. The first-order valence-electron chi connectivity index (χ1n) is 4.55. The van der Waals surface area contributed by atoms with Gasteiger partial charge in [0.05, 0.1) is 6.10 Å². The van der Waals surface area contributed by atoms with E-state index in [1.165, 1.54) is 0 Å². The molecule has 4 nitrogen and oxygen atoms in total. The summed E-state index contributed by atoms with van der Waals surface area (Å²) in [5.74, 6) is 1.26. The first-order chi connectivity index (χ1) is 6.61. The average Bonchev–Trinajstić information content (AvgIpc) is 2.12.